The molecule has 3 heteroatoms. The van der Waals surface area contributed by atoms with E-state index in [9.17, 15) is 4.79 Å². The average Bonchev–Trinajstić information content (AvgIpc) is 3.15. The predicted molar refractivity (Wildman–Crippen MR) is 122 cm³/mol. The number of carbonyl (C=O) groups is 1. The molecular weight excluding hydrogens is 370 g/mol. The van der Waals surface area contributed by atoms with Gasteiger partial charge in [0, 0.05) is 17.3 Å². The highest BCUT2D eigenvalue weighted by Crippen LogP contribution is 2.35. The minimum atomic E-state index is 0.356. The minimum Gasteiger partial charge on any atom is -0.489 e. The summed E-state index contributed by atoms with van der Waals surface area (Å²) in [6, 6.07) is 22.7. The molecule has 0 aliphatic carbocycles. The molecule has 0 spiro atoms. The first-order valence-corrected chi connectivity index (χ1v) is 10.5. The fraction of sp³-hybridized carbons (Fsp3) is 0.222. The summed E-state index contributed by atoms with van der Waals surface area (Å²) in [5.74, 6) is 1.26. The highest BCUT2D eigenvalue weighted by molar-refractivity contribution is 5.90. The Labute approximate surface area is 177 Å². The molecular formula is C27H27NO2. The number of hydrogen-bond donors (Lipinski definition) is 0. The normalized spacial score (nSPS) is 12.1. The molecule has 2 heterocycles. The summed E-state index contributed by atoms with van der Waals surface area (Å²) in [5, 5.41) is 0. The maximum absolute atomic E-state index is 11.9. The monoisotopic (exact) mass is 397 g/mol. The number of rotatable bonds is 7. The van der Waals surface area contributed by atoms with E-state index in [4.69, 9.17) is 4.74 Å². The van der Waals surface area contributed by atoms with E-state index in [1.807, 2.05) is 41.8 Å². The second-order valence-electron chi connectivity index (χ2n) is 7.90. The minimum absolute atomic E-state index is 0.356. The molecule has 0 N–H and O–H groups in total. The van der Waals surface area contributed by atoms with Crippen molar-refractivity contribution in [1.82, 2.24) is 4.40 Å². The molecule has 0 fully saturated rings. The summed E-state index contributed by atoms with van der Waals surface area (Å²) in [4.78, 5) is 11.9. The number of aldehydes is 1. The molecule has 0 aliphatic rings. The molecule has 30 heavy (non-hydrogen) atoms. The van der Waals surface area contributed by atoms with Gasteiger partial charge < -0.3 is 9.14 Å². The molecule has 2 aromatic heterocycles. The van der Waals surface area contributed by atoms with Gasteiger partial charge in [0.05, 0.1) is 5.69 Å². The Bertz CT molecular complexity index is 1170. The molecule has 4 rings (SSSR count). The lowest BCUT2D eigenvalue weighted by molar-refractivity contribution is 0.111. The molecule has 1 unspecified atom stereocenters. The van der Waals surface area contributed by atoms with Crippen molar-refractivity contribution >= 4 is 11.8 Å². The first kappa shape index (κ1) is 20.0. The van der Waals surface area contributed by atoms with E-state index in [1.54, 1.807) is 0 Å². The Morgan fingerprint density at radius 2 is 1.83 bits per heavy atom. The molecule has 2 aromatic carbocycles. The number of nitrogens with zero attached hydrogens (tertiary/aromatic N) is 1. The Kier molecular flexibility index (Phi) is 5.71. The van der Waals surface area contributed by atoms with Crippen molar-refractivity contribution in [1.29, 1.82) is 0 Å². The van der Waals surface area contributed by atoms with Gasteiger partial charge in [-0.2, -0.15) is 0 Å². The third-order valence-corrected chi connectivity index (χ3v) is 5.77. The van der Waals surface area contributed by atoms with Gasteiger partial charge in [-0.1, -0.05) is 56.3 Å². The highest BCUT2D eigenvalue weighted by atomic mass is 16.5. The Morgan fingerprint density at radius 3 is 2.57 bits per heavy atom. The molecule has 0 aliphatic heterocycles. The van der Waals surface area contributed by atoms with Gasteiger partial charge >= 0.3 is 0 Å². The van der Waals surface area contributed by atoms with Crippen molar-refractivity contribution in [3.63, 3.8) is 0 Å². The summed E-state index contributed by atoms with van der Waals surface area (Å²) < 4.78 is 8.17. The number of aromatic nitrogens is 1. The summed E-state index contributed by atoms with van der Waals surface area (Å²) in [5.41, 5.74) is 7.14. The first-order chi connectivity index (χ1) is 14.6. The van der Waals surface area contributed by atoms with E-state index in [0.717, 1.165) is 46.2 Å². The van der Waals surface area contributed by atoms with Crippen LogP contribution in [0, 0.1) is 6.92 Å². The lowest BCUT2D eigenvalue weighted by Gasteiger charge is -2.17. The zero-order valence-corrected chi connectivity index (χ0v) is 17.8. The third kappa shape index (κ3) is 3.88. The molecule has 0 amide bonds. The molecule has 0 saturated carbocycles. The number of carbonyl (C=O) groups excluding carboxylic acids is 1. The van der Waals surface area contributed by atoms with Crippen LogP contribution in [0.5, 0.6) is 5.75 Å². The molecule has 4 aromatic rings. The number of aryl methyl sites for hydroxylation is 1. The number of ether oxygens (including phenoxy) is 1. The average molecular weight is 398 g/mol. The molecule has 0 saturated heterocycles. The zero-order valence-electron chi connectivity index (χ0n) is 17.8. The van der Waals surface area contributed by atoms with Gasteiger partial charge in [0.1, 0.15) is 12.4 Å². The molecule has 3 nitrogen and oxygen atoms in total. The lowest BCUT2D eigenvalue weighted by Crippen LogP contribution is -2.02. The van der Waals surface area contributed by atoms with Crippen molar-refractivity contribution in [3.8, 4) is 16.9 Å². The van der Waals surface area contributed by atoms with E-state index >= 15 is 0 Å². The van der Waals surface area contributed by atoms with Crippen LogP contribution in [-0.4, -0.2) is 10.7 Å². The summed E-state index contributed by atoms with van der Waals surface area (Å²) in [6.45, 7) is 6.98. The second-order valence-corrected chi connectivity index (χ2v) is 7.90. The van der Waals surface area contributed by atoms with Crippen molar-refractivity contribution in [3.05, 3.63) is 95.3 Å². The number of fused-ring (bicyclic) bond motifs is 1. The lowest BCUT2D eigenvalue weighted by atomic mass is 9.93. The SMILES string of the molecule is CCC(C)c1cc(-c2cc3ccc(C)cn3c2C=O)ccc1OCc1ccccc1. The zero-order chi connectivity index (χ0) is 21.1. The van der Waals surface area contributed by atoms with Crippen molar-refractivity contribution in [2.75, 3.05) is 0 Å². The second kappa shape index (κ2) is 8.58. The van der Waals surface area contributed by atoms with Crippen LogP contribution in [0.15, 0.2) is 72.9 Å². The van der Waals surface area contributed by atoms with Crippen LogP contribution in [0.25, 0.3) is 16.6 Å². The molecule has 0 bridgehead atoms. The van der Waals surface area contributed by atoms with Gasteiger partial charge in [-0.05, 0) is 65.8 Å². The van der Waals surface area contributed by atoms with Crippen molar-refractivity contribution in [2.45, 2.75) is 39.7 Å². The highest BCUT2D eigenvalue weighted by Gasteiger charge is 2.16. The molecule has 1 atom stereocenters. The number of hydrogen-bond acceptors (Lipinski definition) is 2. The maximum Gasteiger partial charge on any atom is 0.167 e. The van der Waals surface area contributed by atoms with Crippen LogP contribution in [0.2, 0.25) is 0 Å². The van der Waals surface area contributed by atoms with E-state index in [1.165, 1.54) is 5.56 Å². The summed E-state index contributed by atoms with van der Waals surface area (Å²) in [7, 11) is 0. The fourth-order valence-electron chi connectivity index (χ4n) is 3.84. The van der Waals surface area contributed by atoms with E-state index in [2.05, 4.69) is 56.3 Å². The third-order valence-electron chi connectivity index (χ3n) is 5.77. The van der Waals surface area contributed by atoms with Crippen molar-refractivity contribution < 1.29 is 9.53 Å². The van der Waals surface area contributed by atoms with E-state index in [0.29, 0.717) is 18.2 Å². The van der Waals surface area contributed by atoms with E-state index in [-0.39, 0.29) is 0 Å². The van der Waals surface area contributed by atoms with Gasteiger partial charge in [0.25, 0.3) is 0 Å². The number of benzene rings is 2. The van der Waals surface area contributed by atoms with Crippen LogP contribution in [0.3, 0.4) is 0 Å². The Balaban J connectivity index is 1.75. The quantitative estimate of drug-likeness (QED) is 0.320. The maximum atomic E-state index is 11.9. The van der Waals surface area contributed by atoms with Crippen LogP contribution in [0.4, 0.5) is 0 Å². The standard InChI is InChI=1S/C27H27NO2/c1-4-20(3)24-14-22(11-13-27(24)30-18-21-8-6-5-7-9-21)25-15-23-12-10-19(2)16-28(23)26(25)17-29/h5-17,20H,4,18H2,1-3H3. The summed E-state index contributed by atoms with van der Waals surface area (Å²) >= 11 is 0. The molecule has 0 radical (unpaired) electrons. The number of pyridine rings is 1. The largest absolute Gasteiger partial charge is 0.489 e. The van der Waals surface area contributed by atoms with Gasteiger partial charge in [0.15, 0.2) is 6.29 Å². The van der Waals surface area contributed by atoms with Gasteiger partial charge in [-0.25, -0.2) is 0 Å². The molecule has 152 valence electrons. The smallest absolute Gasteiger partial charge is 0.167 e. The topological polar surface area (TPSA) is 30.7 Å². The van der Waals surface area contributed by atoms with Crippen molar-refractivity contribution in [2.24, 2.45) is 0 Å². The van der Waals surface area contributed by atoms with E-state index < -0.39 is 0 Å². The fourth-order valence-corrected chi connectivity index (χ4v) is 3.84. The van der Waals surface area contributed by atoms with Gasteiger partial charge in [-0.3, -0.25) is 4.79 Å². The van der Waals surface area contributed by atoms with Crippen LogP contribution < -0.4 is 4.74 Å². The van der Waals surface area contributed by atoms with Crippen LogP contribution in [0.1, 0.15) is 53.4 Å². The van der Waals surface area contributed by atoms with Gasteiger partial charge in [-0.15, -0.1) is 0 Å². The predicted octanol–water partition coefficient (Wildman–Crippen LogP) is 6.82. The van der Waals surface area contributed by atoms with Crippen LogP contribution in [-0.2, 0) is 6.61 Å². The Hall–Kier alpha value is -3.33. The Morgan fingerprint density at radius 1 is 1.03 bits per heavy atom. The van der Waals surface area contributed by atoms with Crippen LogP contribution >= 0.6 is 0 Å². The van der Waals surface area contributed by atoms with Gasteiger partial charge in [0.2, 0.25) is 0 Å². The first-order valence-electron chi connectivity index (χ1n) is 10.5. The summed E-state index contributed by atoms with van der Waals surface area (Å²) in [6.07, 6.45) is 3.97.